The normalized spacial score (nSPS) is 11.6. The molecule has 0 radical (unpaired) electrons. The molecule has 0 amide bonds. The lowest BCUT2D eigenvalue weighted by molar-refractivity contribution is -0.225. The van der Waals surface area contributed by atoms with Gasteiger partial charge < -0.3 is 25.2 Å². The van der Waals surface area contributed by atoms with Crippen LogP contribution in [0.1, 0.15) is 26.3 Å². The molecule has 0 aliphatic carbocycles. The molecule has 0 bridgehead atoms. The van der Waals surface area contributed by atoms with Crippen LogP contribution in [0.4, 0.5) is 0 Å². The Morgan fingerprint density at radius 2 is 1.43 bits per heavy atom. The smallest absolute Gasteiger partial charge is 0.183 e. The zero-order chi connectivity index (χ0) is 16.5. The van der Waals surface area contributed by atoms with E-state index in [0.717, 1.165) is 19.4 Å². The van der Waals surface area contributed by atoms with E-state index in [4.69, 9.17) is 20.4 Å². The van der Waals surface area contributed by atoms with Crippen LogP contribution in [0.5, 0.6) is 0 Å². The maximum Gasteiger partial charge on any atom is 0.183 e. The third-order valence-electron chi connectivity index (χ3n) is 2.05. The van der Waals surface area contributed by atoms with E-state index >= 15 is 0 Å². The molecule has 0 saturated heterocycles. The molecule has 6 heteroatoms. The van der Waals surface area contributed by atoms with E-state index in [9.17, 15) is 4.79 Å². The Morgan fingerprint density at radius 1 is 1.00 bits per heavy atom. The van der Waals surface area contributed by atoms with E-state index in [1.807, 2.05) is 30.3 Å². The van der Waals surface area contributed by atoms with Gasteiger partial charge >= 0.3 is 0 Å². The van der Waals surface area contributed by atoms with Gasteiger partial charge in [-0.25, -0.2) is 0 Å². The van der Waals surface area contributed by atoms with Gasteiger partial charge in [0.15, 0.2) is 11.6 Å². The number of benzene rings is 1. The Labute approximate surface area is 124 Å². The maximum atomic E-state index is 10.6. The molecule has 0 heterocycles. The number of ether oxygens (including phenoxy) is 1. The molecule has 1 aromatic rings. The number of aliphatic hydroxyl groups is 4. The molecular weight excluding hydrogens is 276 g/mol. The van der Waals surface area contributed by atoms with E-state index in [1.54, 1.807) is 6.92 Å². The Morgan fingerprint density at radius 3 is 1.76 bits per heavy atom. The van der Waals surface area contributed by atoms with Gasteiger partial charge in [-0.2, -0.15) is 0 Å². The molecule has 0 saturated carbocycles. The molecule has 4 N–H and O–H groups in total. The summed E-state index contributed by atoms with van der Waals surface area (Å²) in [6.45, 7) is 3.17. The van der Waals surface area contributed by atoms with Crippen molar-refractivity contribution in [3.05, 3.63) is 35.9 Å². The third kappa shape index (κ3) is 14.9. The second-order valence-corrected chi connectivity index (χ2v) is 5.29. The van der Waals surface area contributed by atoms with Crippen LogP contribution in [0.25, 0.3) is 0 Å². The summed E-state index contributed by atoms with van der Waals surface area (Å²) >= 11 is 0. The Bertz CT molecular complexity index is 388. The molecule has 0 unspecified atom stereocenters. The van der Waals surface area contributed by atoms with Crippen LogP contribution >= 0.6 is 0 Å². The molecule has 21 heavy (non-hydrogen) atoms. The van der Waals surface area contributed by atoms with Crippen molar-refractivity contribution in [2.45, 2.75) is 38.8 Å². The molecule has 0 aliphatic rings. The van der Waals surface area contributed by atoms with E-state index in [2.05, 4.69) is 4.74 Å². The molecule has 1 aromatic carbocycles. The number of ketones is 1. The van der Waals surface area contributed by atoms with Gasteiger partial charge in [-0.3, -0.25) is 4.79 Å². The fourth-order valence-electron chi connectivity index (χ4n) is 1.32. The van der Waals surface area contributed by atoms with Crippen LogP contribution in [0, 0.1) is 0 Å². The van der Waals surface area contributed by atoms with Crippen molar-refractivity contribution < 1.29 is 30.0 Å². The van der Waals surface area contributed by atoms with Crippen molar-refractivity contribution in [2.75, 3.05) is 13.2 Å². The second-order valence-electron chi connectivity index (χ2n) is 5.29. The molecule has 6 nitrogen and oxygen atoms in total. The average molecular weight is 300 g/mol. The van der Waals surface area contributed by atoms with E-state index in [-0.39, 0.29) is 19.0 Å². The van der Waals surface area contributed by atoms with Crippen LogP contribution in [-0.4, -0.2) is 51.0 Å². The highest BCUT2D eigenvalue weighted by Crippen LogP contribution is 2.02. The molecule has 0 atom stereocenters. The standard InChI is InChI=1S/C9H10O.C6H14O5/c1-8(10)7-9-5-3-2-4-6-9;1-5(7,8)3-11-4-6(2,9)10/h2-6H,7H2,1H3;7-10H,3-4H2,1-2H3. The summed E-state index contributed by atoms with van der Waals surface area (Å²) in [6.07, 6.45) is 0.556. The fourth-order valence-corrected chi connectivity index (χ4v) is 1.32. The SMILES string of the molecule is CC(=O)Cc1ccccc1.CC(O)(O)COCC(C)(O)O. The van der Waals surface area contributed by atoms with Gasteiger partial charge in [-0.05, 0) is 26.3 Å². The van der Waals surface area contributed by atoms with E-state index < -0.39 is 11.6 Å². The predicted molar refractivity (Wildman–Crippen MR) is 77.3 cm³/mol. The van der Waals surface area contributed by atoms with Crippen LogP contribution in [0.3, 0.4) is 0 Å². The first-order chi connectivity index (χ1) is 9.49. The van der Waals surface area contributed by atoms with Crippen LogP contribution < -0.4 is 0 Å². The lowest BCUT2D eigenvalue weighted by atomic mass is 10.1. The Hall–Kier alpha value is -1.31. The second kappa shape index (κ2) is 8.86. The molecule has 1 rings (SSSR count). The van der Waals surface area contributed by atoms with E-state index in [0.29, 0.717) is 6.42 Å². The molecular formula is C15H24O6. The first-order valence-corrected chi connectivity index (χ1v) is 6.50. The molecule has 0 fully saturated rings. The van der Waals surface area contributed by atoms with Crippen molar-refractivity contribution in [2.24, 2.45) is 0 Å². The Kier molecular flexibility index (Phi) is 8.31. The lowest BCUT2D eigenvalue weighted by Crippen LogP contribution is -2.35. The zero-order valence-corrected chi connectivity index (χ0v) is 12.6. The largest absolute Gasteiger partial charge is 0.370 e. The monoisotopic (exact) mass is 300 g/mol. The summed E-state index contributed by atoms with van der Waals surface area (Å²) in [7, 11) is 0. The summed E-state index contributed by atoms with van der Waals surface area (Å²) < 4.78 is 4.56. The molecule has 120 valence electrons. The summed E-state index contributed by atoms with van der Waals surface area (Å²) in [6, 6.07) is 9.75. The summed E-state index contributed by atoms with van der Waals surface area (Å²) in [4.78, 5) is 10.6. The topological polar surface area (TPSA) is 107 Å². The van der Waals surface area contributed by atoms with Crippen LogP contribution in [0.15, 0.2) is 30.3 Å². The maximum absolute atomic E-state index is 10.6. The van der Waals surface area contributed by atoms with Gasteiger partial charge in [0.2, 0.25) is 0 Å². The minimum absolute atomic E-state index is 0.214. The summed E-state index contributed by atoms with van der Waals surface area (Å²) in [5, 5.41) is 34.7. The summed E-state index contributed by atoms with van der Waals surface area (Å²) in [5.41, 5.74) is 1.09. The zero-order valence-electron chi connectivity index (χ0n) is 12.6. The third-order valence-corrected chi connectivity index (χ3v) is 2.05. The molecule has 0 spiro atoms. The first kappa shape index (κ1) is 19.7. The number of carbonyl (C=O) groups excluding carboxylic acids is 1. The predicted octanol–water partition coefficient (Wildman–Crippen LogP) is 0.223. The Balaban J connectivity index is 0.000000382. The van der Waals surface area contributed by atoms with Crippen LogP contribution in [-0.2, 0) is 16.0 Å². The van der Waals surface area contributed by atoms with Crippen LogP contribution in [0.2, 0.25) is 0 Å². The van der Waals surface area contributed by atoms with Crippen molar-refractivity contribution in [1.29, 1.82) is 0 Å². The van der Waals surface area contributed by atoms with Gasteiger partial charge in [0.25, 0.3) is 0 Å². The van der Waals surface area contributed by atoms with Gasteiger partial charge in [0.05, 0.1) is 0 Å². The number of carbonyl (C=O) groups is 1. The molecule has 0 aliphatic heterocycles. The average Bonchev–Trinajstić information content (AvgIpc) is 2.26. The van der Waals surface area contributed by atoms with E-state index in [1.165, 1.54) is 0 Å². The quantitative estimate of drug-likeness (QED) is 0.560. The first-order valence-electron chi connectivity index (χ1n) is 6.50. The van der Waals surface area contributed by atoms with Crippen molar-refractivity contribution in [1.82, 2.24) is 0 Å². The highest BCUT2D eigenvalue weighted by atomic mass is 16.6. The van der Waals surface area contributed by atoms with Crippen molar-refractivity contribution in [3.8, 4) is 0 Å². The number of rotatable bonds is 6. The number of Topliss-reactive ketones (excluding diaryl/α,β-unsaturated/α-hetero) is 1. The highest BCUT2D eigenvalue weighted by Gasteiger charge is 2.19. The minimum atomic E-state index is -1.93. The summed E-state index contributed by atoms with van der Waals surface area (Å²) in [5.74, 6) is -3.64. The number of hydrogen-bond acceptors (Lipinski definition) is 6. The van der Waals surface area contributed by atoms with Gasteiger partial charge in [0.1, 0.15) is 19.0 Å². The van der Waals surface area contributed by atoms with Gasteiger partial charge in [-0.15, -0.1) is 0 Å². The van der Waals surface area contributed by atoms with Crippen molar-refractivity contribution in [3.63, 3.8) is 0 Å². The lowest BCUT2D eigenvalue weighted by Gasteiger charge is -2.20. The minimum Gasteiger partial charge on any atom is -0.370 e. The fraction of sp³-hybridized carbons (Fsp3) is 0.533. The van der Waals surface area contributed by atoms with Gasteiger partial charge in [-0.1, -0.05) is 30.3 Å². The molecule has 0 aromatic heterocycles. The van der Waals surface area contributed by atoms with Crippen molar-refractivity contribution >= 4 is 5.78 Å². The highest BCUT2D eigenvalue weighted by molar-refractivity contribution is 5.78. The van der Waals surface area contributed by atoms with Gasteiger partial charge in [0, 0.05) is 6.42 Å². The number of hydrogen-bond donors (Lipinski definition) is 4.